The molecular formula is C22H30O3. The third-order valence-corrected chi connectivity index (χ3v) is 4.12. The van der Waals surface area contributed by atoms with Crippen LogP contribution in [-0.2, 0) is 6.42 Å². The molecule has 0 atom stereocenters. The van der Waals surface area contributed by atoms with Gasteiger partial charge in [0.2, 0.25) is 0 Å². The molecule has 136 valence electrons. The number of aromatic hydroxyl groups is 1. The molecule has 3 heteroatoms. The Bertz CT molecular complexity index is 675. The van der Waals surface area contributed by atoms with Gasteiger partial charge in [-0.05, 0) is 83.6 Å². The molecule has 0 amide bonds. The lowest BCUT2D eigenvalue weighted by Crippen LogP contribution is -1.97. The minimum atomic E-state index is -0.976. The Morgan fingerprint density at radius 3 is 2.16 bits per heavy atom. The normalized spacial score (nSPS) is 12.2. The van der Waals surface area contributed by atoms with Gasteiger partial charge >= 0.3 is 5.97 Å². The van der Waals surface area contributed by atoms with Crippen LogP contribution < -0.4 is 0 Å². The van der Waals surface area contributed by atoms with E-state index in [1.165, 1.54) is 34.9 Å². The molecule has 25 heavy (non-hydrogen) atoms. The van der Waals surface area contributed by atoms with Gasteiger partial charge in [-0.25, -0.2) is 4.79 Å². The Hall–Kier alpha value is -2.29. The molecular weight excluding hydrogens is 312 g/mol. The summed E-state index contributed by atoms with van der Waals surface area (Å²) < 4.78 is 0. The van der Waals surface area contributed by atoms with Crippen molar-refractivity contribution in [2.45, 2.75) is 59.8 Å². The number of phenolic OH excluding ortho intramolecular Hbond substituents is 1. The van der Waals surface area contributed by atoms with Gasteiger partial charge < -0.3 is 10.2 Å². The van der Waals surface area contributed by atoms with Crippen LogP contribution in [0.2, 0.25) is 0 Å². The van der Waals surface area contributed by atoms with Crippen molar-refractivity contribution in [3.63, 3.8) is 0 Å². The molecule has 0 aliphatic heterocycles. The number of allylic oxidation sites excluding steroid dienone is 6. The average molecular weight is 342 g/mol. The first-order chi connectivity index (χ1) is 11.8. The van der Waals surface area contributed by atoms with Crippen molar-refractivity contribution in [2.75, 3.05) is 0 Å². The van der Waals surface area contributed by atoms with Gasteiger partial charge in [-0.3, -0.25) is 0 Å². The summed E-state index contributed by atoms with van der Waals surface area (Å²) >= 11 is 0. The summed E-state index contributed by atoms with van der Waals surface area (Å²) in [6.45, 7) is 8.49. The largest absolute Gasteiger partial charge is 0.508 e. The highest BCUT2D eigenvalue weighted by molar-refractivity contribution is 5.88. The Labute approximate surface area is 151 Å². The Morgan fingerprint density at radius 2 is 1.56 bits per heavy atom. The summed E-state index contributed by atoms with van der Waals surface area (Å²) in [5, 5.41) is 18.9. The Morgan fingerprint density at radius 1 is 0.960 bits per heavy atom. The third kappa shape index (κ3) is 8.39. The summed E-state index contributed by atoms with van der Waals surface area (Å²) in [4.78, 5) is 11.0. The fourth-order valence-corrected chi connectivity index (χ4v) is 2.51. The molecule has 0 bridgehead atoms. The van der Waals surface area contributed by atoms with E-state index in [1.807, 2.05) is 0 Å². The number of benzene rings is 1. The van der Waals surface area contributed by atoms with Gasteiger partial charge in [0.15, 0.2) is 0 Å². The number of hydrogen-bond acceptors (Lipinski definition) is 2. The van der Waals surface area contributed by atoms with Crippen LogP contribution in [0.3, 0.4) is 0 Å². The number of carboxylic acids is 1. The topological polar surface area (TPSA) is 57.5 Å². The molecule has 1 aromatic rings. The van der Waals surface area contributed by atoms with E-state index in [2.05, 4.69) is 45.9 Å². The predicted molar refractivity (Wildman–Crippen MR) is 104 cm³/mol. The third-order valence-electron chi connectivity index (χ3n) is 4.12. The molecule has 0 spiro atoms. The first-order valence-corrected chi connectivity index (χ1v) is 8.79. The molecule has 0 saturated carbocycles. The molecule has 0 aromatic heterocycles. The summed E-state index contributed by atoms with van der Waals surface area (Å²) in [7, 11) is 0. The van der Waals surface area contributed by atoms with E-state index >= 15 is 0 Å². The van der Waals surface area contributed by atoms with Crippen molar-refractivity contribution in [1.29, 1.82) is 0 Å². The quantitative estimate of drug-likeness (QED) is 0.537. The molecule has 0 aliphatic carbocycles. The van der Waals surface area contributed by atoms with Gasteiger partial charge in [-0.15, -0.1) is 0 Å². The van der Waals surface area contributed by atoms with Gasteiger partial charge in [0, 0.05) is 0 Å². The highest BCUT2D eigenvalue weighted by atomic mass is 16.4. The highest BCUT2D eigenvalue weighted by Gasteiger charge is 2.07. The van der Waals surface area contributed by atoms with Crippen molar-refractivity contribution in [3.8, 4) is 5.75 Å². The number of aromatic carboxylic acids is 1. The second-order valence-electron chi connectivity index (χ2n) is 6.81. The molecule has 0 saturated heterocycles. The fraction of sp³-hybridized carbons (Fsp3) is 0.409. The van der Waals surface area contributed by atoms with Crippen LogP contribution in [0, 0.1) is 0 Å². The van der Waals surface area contributed by atoms with Crippen molar-refractivity contribution < 1.29 is 15.0 Å². The zero-order valence-corrected chi connectivity index (χ0v) is 15.8. The van der Waals surface area contributed by atoms with Crippen LogP contribution in [0.5, 0.6) is 5.75 Å². The minimum absolute atomic E-state index is 0.143. The van der Waals surface area contributed by atoms with E-state index < -0.39 is 5.97 Å². The lowest BCUT2D eigenvalue weighted by atomic mass is 10.0. The van der Waals surface area contributed by atoms with Crippen LogP contribution >= 0.6 is 0 Å². The molecule has 0 heterocycles. The van der Waals surface area contributed by atoms with Crippen molar-refractivity contribution in [3.05, 3.63) is 64.3 Å². The van der Waals surface area contributed by atoms with Gasteiger partial charge in [0.25, 0.3) is 0 Å². The molecule has 3 nitrogen and oxygen atoms in total. The van der Waals surface area contributed by atoms with Crippen molar-refractivity contribution >= 4 is 5.97 Å². The lowest BCUT2D eigenvalue weighted by molar-refractivity contribution is 0.0696. The Balaban J connectivity index is 2.53. The number of rotatable bonds is 9. The number of hydrogen-bond donors (Lipinski definition) is 2. The van der Waals surface area contributed by atoms with Gasteiger partial charge in [-0.2, -0.15) is 0 Å². The molecule has 2 N–H and O–H groups in total. The number of carbonyl (C=O) groups is 1. The van der Waals surface area contributed by atoms with E-state index in [9.17, 15) is 9.90 Å². The van der Waals surface area contributed by atoms with Crippen molar-refractivity contribution in [1.82, 2.24) is 0 Å². The molecule has 1 aromatic carbocycles. The summed E-state index contributed by atoms with van der Waals surface area (Å²) in [5.41, 5.74) is 4.87. The summed E-state index contributed by atoms with van der Waals surface area (Å²) in [5.74, 6) is -0.834. The Kier molecular flexibility index (Phi) is 8.76. The van der Waals surface area contributed by atoms with Crippen LogP contribution in [0.1, 0.15) is 69.3 Å². The maximum Gasteiger partial charge on any atom is 0.335 e. The molecule has 1 rings (SSSR count). The van der Waals surface area contributed by atoms with Crippen LogP contribution in [-0.4, -0.2) is 16.2 Å². The highest BCUT2D eigenvalue weighted by Crippen LogP contribution is 2.21. The predicted octanol–water partition coefficient (Wildman–Crippen LogP) is 6.05. The number of phenols is 1. The van der Waals surface area contributed by atoms with Crippen LogP contribution in [0.25, 0.3) is 0 Å². The zero-order valence-electron chi connectivity index (χ0n) is 15.8. The second kappa shape index (κ2) is 10.5. The zero-order chi connectivity index (χ0) is 18.8. The first kappa shape index (κ1) is 20.8. The molecule has 0 unspecified atom stereocenters. The van der Waals surface area contributed by atoms with E-state index in [0.29, 0.717) is 12.0 Å². The van der Waals surface area contributed by atoms with Gasteiger partial charge in [0.1, 0.15) is 5.75 Å². The maximum atomic E-state index is 11.0. The second-order valence-corrected chi connectivity index (χ2v) is 6.81. The maximum absolute atomic E-state index is 11.0. The van der Waals surface area contributed by atoms with E-state index in [1.54, 1.807) is 0 Å². The number of carboxylic acid groups (broad SMARTS) is 1. The van der Waals surface area contributed by atoms with Crippen molar-refractivity contribution in [2.24, 2.45) is 0 Å². The van der Waals surface area contributed by atoms with E-state index in [0.717, 1.165) is 25.7 Å². The SMILES string of the molecule is CC(C)=CCC/C(C)=C/CC/C(C)=C/Cc1cc(C(=O)O)ccc1O. The van der Waals surface area contributed by atoms with Gasteiger partial charge in [0.05, 0.1) is 5.56 Å². The van der Waals surface area contributed by atoms with Gasteiger partial charge in [-0.1, -0.05) is 34.9 Å². The average Bonchev–Trinajstić information content (AvgIpc) is 2.53. The fourth-order valence-electron chi connectivity index (χ4n) is 2.51. The first-order valence-electron chi connectivity index (χ1n) is 8.79. The molecule has 0 fully saturated rings. The molecule has 0 radical (unpaired) electrons. The van der Waals surface area contributed by atoms with E-state index in [-0.39, 0.29) is 11.3 Å². The standard InChI is InChI=1S/C22H30O3/c1-16(2)7-5-8-17(3)9-6-10-18(4)11-12-19-15-20(22(24)25)13-14-21(19)23/h7,9,11,13-15,23H,5-6,8,10,12H2,1-4H3,(H,24,25)/b17-9+,18-11+. The summed E-state index contributed by atoms with van der Waals surface area (Å²) in [6, 6.07) is 4.40. The monoisotopic (exact) mass is 342 g/mol. The lowest BCUT2D eigenvalue weighted by Gasteiger charge is -2.05. The van der Waals surface area contributed by atoms with Crippen LogP contribution in [0.4, 0.5) is 0 Å². The molecule has 0 aliphatic rings. The summed E-state index contributed by atoms with van der Waals surface area (Å²) in [6.07, 6.45) is 11.3. The minimum Gasteiger partial charge on any atom is -0.508 e. The smallest absolute Gasteiger partial charge is 0.335 e. The van der Waals surface area contributed by atoms with E-state index in [4.69, 9.17) is 5.11 Å². The van der Waals surface area contributed by atoms with Crippen LogP contribution in [0.15, 0.2) is 53.1 Å².